The van der Waals surface area contributed by atoms with Crippen LogP contribution in [0.2, 0.25) is 0 Å². The van der Waals surface area contributed by atoms with Crippen LogP contribution in [0.25, 0.3) is 0 Å². The summed E-state index contributed by atoms with van der Waals surface area (Å²) in [4.78, 5) is 29.0. The molecule has 1 aliphatic carbocycles. The maximum absolute atomic E-state index is 12.8. The van der Waals surface area contributed by atoms with Crippen LogP contribution in [0.3, 0.4) is 0 Å². The van der Waals surface area contributed by atoms with E-state index in [1.807, 2.05) is 23.1 Å². The second kappa shape index (κ2) is 10.1. The lowest BCUT2D eigenvalue weighted by Crippen LogP contribution is -2.36. The van der Waals surface area contributed by atoms with Gasteiger partial charge in [-0.25, -0.2) is 0 Å². The zero-order chi connectivity index (χ0) is 24.4. The van der Waals surface area contributed by atoms with Crippen molar-refractivity contribution >= 4 is 11.7 Å². The lowest BCUT2D eigenvalue weighted by Gasteiger charge is -2.34. The van der Waals surface area contributed by atoms with E-state index in [0.717, 1.165) is 43.5 Å². The molecule has 0 saturated heterocycles. The molecule has 1 amide bonds. The average Bonchev–Trinajstić information content (AvgIpc) is 2.94. The zero-order valence-corrected chi connectivity index (χ0v) is 20.5. The second-order valence-corrected chi connectivity index (χ2v) is 9.42. The molecule has 7 heteroatoms. The number of benzene rings is 2. The minimum atomic E-state index is 0.0246. The van der Waals surface area contributed by atoms with Gasteiger partial charge in [-0.1, -0.05) is 0 Å². The molecule has 0 fully saturated rings. The van der Waals surface area contributed by atoms with Crippen LogP contribution >= 0.6 is 0 Å². The highest BCUT2D eigenvalue weighted by atomic mass is 16.5. The highest BCUT2D eigenvalue weighted by Gasteiger charge is 2.30. The number of carbonyl (C=O) groups excluding carboxylic acids is 2. The zero-order valence-electron chi connectivity index (χ0n) is 20.5. The van der Waals surface area contributed by atoms with E-state index >= 15 is 0 Å². The van der Waals surface area contributed by atoms with E-state index in [0.29, 0.717) is 42.5 Å². The van der Waals surface area contributed by atoms with E-state index in [2.05, 4.69) is 11.9 Å². The molecule has 2 aromatic rings. The number of fused-ring (bicyclic) bond motifs is 2. The molecule has 1 atom stereocenters. The summed E-state index contributed by atoms with van der Waals surface area (Å²) < 4.78 is 10.6. The van der Waals surface area contributed by atoms with Gasteiger partial charge in [0.2, 0.25) is 5.91 Å². The standard InChI is InChI=1S/C27H34N2O5/c1-17(30)22-15-23-20(13-25(22)33-3)10-21(23)16-28(2)7-5-8-29-9-6-18-12-26(34-4)24(31)11-19(18)14-27(29)32/h11-13,15,21,31H,5-10,14,16H2,1-4H3/t21-/m1/s1. The number of nitrogens with zero attached hydrogens (tertiary/aromatic N) is 2. The SMILES string of the molecule is COc1cc2c(cc1O)CC(=O)N(CCCN(C)C[C@H]1Cc3cc(OC)c(C(C)=O)cc31)CC2. The van der Waals surface area contributed by atoms with Crippen LogP contribution in [-0.4, -0.2) is 74.0 Å². The molecular formula is C27H34N2O5. The lowest BCUT2D eigenvalue weighted by molar-refractivity contribution is -0.130. The van der Waals surface area contributed by atoms with Crippen LogP contribution < -0.4 is 9.47 Å². The molecule has 4 rings (SSSR count). The van der Waals surface area contributed by atoms with Crippen LogP contribution in [0, 0.1) is 0 Å². The van der Waals surface area contributed by atoms with Crippen molar-refractivity contribution in [2.75, 3.05) is 47.4 Å². The molecule has 2 aromatic carbocycles. The number of Topliss-reactive ketones (excluding diaryl/α,β-unsaturated/α-hetero) is 1. The fraction of sp³-hybridized carbons (Fsp3) is 0.481. The molecule has 182 valence electrons. The van der Waals surface area contributed by atoms with Crippen molar-refractivity contribution in [3.63, 3.8) is 0 Å². The van der Waals surface area contributed by atoms with Gasteiger partial charge in [-0.15, -0.1) is 0 Å². The summed E-state index contributed by atoms with van der Waals surface area (Å²) in [7, 11) is 5.25. The molecule has 1 heterocycles. The Labute approximate surface area is 201 Å². The van der Waals surface area contributed by atoms with E-state index < -0.39 is 0 Å². The van der Waals surface area contributed by atoms with E-state index in [1.165, 1.54) is 18.2 Å². The van der Waals surface area contributed by atoms with Crippen molar-refractivity contribution in [3.8, 4) is 17.2 Å². The van der Waals surface area contributed by atoms with Crippen molar-refractivity contribution < 1.29 is 24.2 Å². The molecule has 0 unspecified atom stereocenters. The molecule has 0 bridgehead atoms. The molecule has 1 aliphatic heterocycles. The monoisotopic (exact) mass is 466 g/mol. The summed E-state index contributed by atoms with van der Waals surface area (Å²) in [5, 5.41) is 10.1. The lowest BCUT2D eigenvalue weighted by atomic mass is 9.76. The van der Waals surface area contributed by atoms with Gasteiger partial charge < -0.3 is 24.4 Å². The molecule has 2 aliphatic rings. The van der Waals surface area contributed by atoms with Crippen molar-refractivity contribution in [1.82, 2.24) is 9.80 Å². The number of hydrogen-bond donors (Lipinski definition) is 1. The number of aromatic hydroxyl groups is 1. The predicted octanol–water partition coefficient (Wildman–Crippen LogP) is 3.20. The number of ether oxygens (including phenoxy) is 2. The Morgan fingerprint density at radius 3 is 2.56 bits per heavy atom. The molecule has 1 N–H and O–H groups in total. The first-order valence-electron chi connectivity index (χ1n) is 11.9. The summed E-state index contributed by atoms with van der Waals surface area (Å²) in [5.41, 5.74) is 5.11. The molecule has 0 radical (unpaired) electrons. The van der Waals surface area contributed by atoms with Gasteiger partial charge in [-0.2, -0.15) is 0 Å². The van der Waals surface area contributed by atoms with Crippen LogP contribution in [0.4, 0.5) is 0 Å². The summed E-state index contributed by atoms with van der Waals surface area (Å²) in [6.07, 6.45) is 2.96. The molecular weight excluding hydrogens is 432 g/mol. The summed E-state index contributed by atoms with van der Waals surface area (Å²) in [6.45, 7) is 4.79. The topological polar surface area (TPSA) is 79.3 Å². The summed E-state index contributed by atoms with van der Waals surface area (Å²) in [6, 6.07) is 7.51. The number of ketones is 1. The molecule has 34 heavy (non-hydrogen) atoms. The first kappa shape index (κ1) is 24.1. The summed E-state index contributed by atoms with van der Waals surface area (Å²) >= 11 is 0. The smallest absolute Gasteiger partial charge is 0.227 e. The number of phenolic OH excluding ortho intramolecular Hbond substituents is 1. The first-order chi connectivity index (χ1) is 16.3. The van der Waals surface area contributed by atoms with Gasteiger partial charge >= 0.3 is 0 Å². The van der Waals surface area contributed by atoms with Gasteiger partial charge in [0.05, 0.1) is 26.2 Å². The van der Waals surface area contributed by atoms with E-state index in [4.69, 9.17) is 9.47 Å². The van der Waals surface area contributed by atoms with Gasteiger partial charge in [0.1, 0.15) is 5.75 Å². The Kier molecular flexibility index (Phi) is 7.12. The van der Waals surface area contributed by atoms with Crippen LogP contribution in [0.1, 0.15) is 51.9 Å². The number of methoxy groups -OCH3 is 2. The van der Waals surface area contributed by atoms with Gasteiger partial charge in [0.25, 0.3) is 0 Å². The largest absolute Gasteiger partial charge is 0.504 e. The maximum Gasteiger partial charge on any atom is 0.227 e. The Morgan fingerprint density at radius 1 is 1.12 bits per heavy atom. The minimum Gasteiger partial charge on any atom is -0.504 e. The Morgan fingerprint density at radius 2 is 1.85 bits per heavy atom. The van der Waals surface area contributed by atoms with E-state index in [1.54, 1.807) is 20.1 Å². The summed E-state index contributed by atoms with van der Waals surface area (Å²) in [5.74, 6) is 1.74. The number of likely N-dealkylation sites (N-methyl/N-ethyl adjacent to an activating group) is 1. The first-order valence-corrected chi connectivity index (χ1v) is 11.9. The number of rotatable bonds is 9. The Hall–Kier alpha value is -3.06. The Balaban J connectivity index is 1.28. The van der Waals surface area contributed by atoms with E-state index in [-0.39, 0.29) is 17.4 Å². The normalized spacial score (nSPS) is 17.0. The Bertz CT molecular complexity index is 1100. The average molecular weight is 467 g/mol. The predicted molar refractivity (Wildman–Crippen MR) is 130 cm³/mol. The van der Waals surface area contributed by atoms with Crippen molar-refractivity contribution in [3.05, 3.63) is 52.1 Å². The highest BCUT2D eigenvalue weighted by Crippen LogP contribution is 2.40. The highest BCUT2D eigenvalue weighted by molar-refractivity contribution is 5.97. The van der Waals surface area contributed by atoms with Gasteiger partial charge in [-0.3, -0.25) is 9.59 Å². The van der Waals surface area contributed by atoms with Gasteiger partial charge in [0, 0.05) is 25.6 Å². The van der Waals surface area contributed by atoms with Crippen LogP contribution in [0.5, 0.6) is 17.2 Å². The van der Waals surface area contributed by atoms with Crippen LogP contribution in [0.15, 0.2) is 24.3 Å². The maximum atomic E-state index is 12.8. The fourth-order valence-corrected chi connectivity index (χ4v) is 5.15. The molecule has 0 aromatic heterocycles. The van der Waals surface area contributed by atoms with Crippen molar-refractivity contribution in [2.24, 2.45) is 0 Å². The number of carbonyl (C=O) groups is 2. The third kappa shape index (κ3) is 4.89. The quantitative estimate of drug-likeness (QED) is 0.572. The van der Waals surface area contributed by atoms with Gasteiger partial charge in [-0.05, 0) is 86.3 Å². The third-order valence-electron chi connectivity index (χ3n) is 7.09. The third-order valence-corrected chi connectivity index (χ3v) is 7.09. The van der Waals surface area contributed by atoms with E-state index in [9.17, 15) is 14.7 Å². The molecule has 0 saturated carbocycles. The number of phenols is 1. The van der Waals surface area contributed by atoms with Crippen molar-refractivity contribution in [2.45, 2.75) is 38.5 Å². The molecule has 0 spiro atoms. The molecule has 7 nitrogen and oxygen atoms in total. The number of hydrogen-bond acceptors (Lipinski definition) is 6. The van der Waals surface area contributed by atoms with Crippen molar-refractivity contribution in [1.29, 1.82) is 0 Å². The fourth-order valence-electron chi connectivity index (χ4n) is 5.15. The number of amides is 1. The minimum absolute atomic E-state index is 0.0246. The van der Waals surface area contributed by atoms with Crippen LogP contribution in [-0.2, 0) is 24.1 Å². The van der Waals surface area contributed by atoms with Gasteiger partial charge in [0.15, 0.2) is 17.3 Å². The second-order valence-electron chi connectivity index (χ2n) is 9.42.